The number of nitrogens with zero attached hydrogens (tertiary/aromatic N) is 3. The zero-order valence-corrected chi connectivity index (χ0v) is 10.3. The first-order chi connectivity index (χ1) is 7.29. The summed E-state index contributed by atoms with van der Waals surface area (Å²) in [4.78, 5) is 4.74. The molecule has 15 heavy (non-hydrogen) atoms. The molecule has 76 valence electrons. The number of pyridine rings is 1. The summed E-state index contributed by atoms with van der Waals surface area (Å²) in [5, 5.41) is 6.96. The van der Waals surface area contributed by atoms with E-state index in [0.29, 0.717) is 10.9 Å². The molecule has 0 amide bonds. The van der Waals surface area contributed by atoms with Crippen LogP contribution in [0.1, 0.15) is 13.8 Å². The predicted octanol–water partition coefficient (Wildman–Crippen LogP) is 0.678. The molecule has 3 nitrogen and oxygen atoms in total. The fourth-order valence-corrected chi connectivity index (χ4v) is 4.16. The van der Waals surface area contributed by atoms with Crippen LogP contribution in [0, 0.1) is 0 Å². The maximum absolute atomic E-state index is 4.36. The Morgan fingerprint density at radius 1 is 1.20 bits per heavy atom. The monoisotopic (exact) mass is 265 g/mol. The summed E-state index contributed by atoms with van der Waals surface area (Å²) in [6, 6.07) is 2.40. The van der Waals surface area contributed by atoms with Crippen LogP contribution in [0.25, 0.3) is 11.1 Å². The van der Waals surface area contributed by atoms with E-state index in [9.17, 15) is 0 Å². The van der Waals surface area contributed by atoms with Gasteiger partial charge in [-0.1, -0.05) is 0 Å². The number of hydrogen-bond donors (Lipinski definition) is 0. The van der Waals surface area contributed by atoms with Gasteiger partial charge in [-0.15, -0.1) is 0 Å². The van der Waals surface area contributed by atoms with Crippen molar-refractivity contribution in [2.45, 2.75) is 24.7 Å². The zero-order valence-electron chi connectivity index (χ0n) is 8.64. The Labute approximate surface area is 94.4 Å². The van der Waals surface area contributed by atoms with Crippen molar-refractivity contribution in [1.29, 1.82) is 0 Å². The summed E-state index contributed by atoms with van der Waals surface area (Å²) >= 11 is 0.289. The van der Waals surface area contributed by atoms with Gasteiger partial charge in [0.25, 0.3) is 0 Å². The van der Waals surface area contributed by atoms with Gasteiger partial charge in [-0.2, -0.15) is 0 Å². The SMILES string of the molecule is CC1=c2cnccc2=C(C)C2[Se]N=NC12. The van der Waals surface area contributed by atoms with Crippen molar-refractivity contribution in [3.05, 3.63) is 28.9 Å². The molecular formula is C11H11N3Se. The van der Waals surface area contributed by atoms with Crippen molar-refractivity contribution >= 4 is 26.3 Å². The first-order valence-electron chi connectivity index (χ1n) is 4.96. The first-order valence-corrected chi connectivity index (χ1v) is 6.72. The molecule has 0 aromatic carbocycles. The molecule has 1 aliphatic carbocycles. The van der Waals surface area contributed by atoms with E-state index in [1.807, 2.05) is 12.4 Å². The Balaban J connectivity index is 2.43. The second-order valence-electron chi connectivity index (χ2n) is 3.96. The summed E-state index contributed by atoms with van der Waals surface area (Å²) in [7, 11) is 0. The number of aromatic nitrogens is 1. The molecule has 0 radical (unpaired) electrons. The molecule has 3 rings (SSSR count). The molecule has 0 N–H and O–H groups in total. The van der Waals surface area contributed by atoms with Gasteiger partial charge < -0.3 is 0 Å². The van der Waals surface area contributed by atoms with Gasteiger partial charge in [-0.05, 0) is 0 Å². The van der Waals surface area contributed by atoms with E-state index in [1.54, 1.807) is 0 Å². The van der Waals surface area contributed by atoms with Gasteiger partial charge in [0.05, 0.1) is 0 Å². The normalized spacial score (nSPS) is 27.9. The summed E-state index contributed by atoms with van der Waals surface area (Å²) in [5.74, 6) is 0. The second kappa shape index (κ2) is 3.25. The van der Waals surface area contributed by atoms with Gasteiger partial charge in [0, 0.05) is 0 Å². The third kappa shape index (κ3) is 1.22. The second-order valence-corrected chi connectivity index (χ2v) is 5.81. The van der Waals surface area contributed by atoms with Crippen LogP contribution in [0.15, 0.2) is 27.7 Å². The average Bonchev–Trinajstić information content (AvgIpc) is 2.75. The van der Waals surface area contributed by atoms with Gasteiger partial charge >= 0.3 is 94.2 Å². The minimum atomic E-state index is 0.289. The number of hydrogen-bond acceptors (Lipinski definition) is 3. The molecule has 1 aromatic rings. The Hall–Kier alpha value is -0.991. The summed E-state index contributed by atoms with van der Waals surface area (Å²) in [6.45, 7) is 4.37. The molecule has 2 atom stereocenters. The van der Waals surface area contributed by atoms with Crippen LogP contribution in [0.4, 0.5) is 0 Å². The molecule has 0 bridgehead atoms. The van der Waals surface area contributed by atoms with Crippen LogP contribution >= 0.6 is 0 Å². The van der Waals surface area contributed by atoms with Gasteiger partial charge in [0.15, 0.2) is 0 Å². The van der Waals surface area contributed by atoms with Crippen molar-refractivity contribution in [2.75, 3.05) is 0 Å². The molecule has 0 spiro atoms. The average molecular weight is 264 g/mol. The maximum atomic E-state index is 4.36. The van der Waals surface area contributed by atoms with Crippen molar-refractivity contribution in [3.63, 3.8) is 0 Å². The Morgan fingerprint density at radius 3 is 2.93 bits per heavy atom. The number of fused-ring (bicyclic) bond motifs is 2. The quantitative estimate of drug-likeness (QED) is 0.635. The molecule has 2 heterocycles. The zero-order chi connectivity index (χ0) is 10.4. The molecule has 2 aliphatic rings. The van der Waals surface area contributed by atoms with E-state index in [4.69, 9.17) is 0 Å². The Kier molecular flexibility index (Phi) is 2.01. The van der Waals surface area contributed by atoms with E-state index in [2.05, 4.69) is 34.1 Å². The first kappa shape index (κ1) is 9.25. The van der Waals surface area contributed by atoms with E-state index in [0.717, 1.165) is 0 Å². The number of rotatable bonds is 0. The Bertz CT molecular complexity index is 561. The molecule has 1 aromatic heterocycles. The standard InChI is InChI=1S/C11H11N3Se/c1-6-9-5-12-4-3-8(9)7(2)11-10(6)13-14-15-11/h3-5,10-11H,1-2H3. The van der Waals surface area contributed by atoms with Crippen LogP contribution in [0.3, 0.4) is 0 Å². The van der Waals surface area contributed by atoms with Gasteiger partial charge in [0.2, 0.25) is 0 Å². The molecule has 0 fully saturated rings. The Morgan fingerprint density at radius 2 is 2.07 bits per heavy atom. The topological polar surface area (TPSA) is 37.6 Å². The summed E-state index contributed by atoms with van der Waals surface area (Å²) < 4.78 is 4.24. The molecular weight excluding hydrogens is 253 g/mol. The van der Waals surface area contributed by atoms with Crippen LogP contribution in [0.2, 0.25) is 4.82 Å². The van der Waals surface area contributed by atoms with Crippen molar-refractivity contribution in [1.82, 2.24) is 4.98 Å². The molecule has 4 heteroatoms. The molecule has 0 saturated carbocycles. The van der Waals surface area contributed by atoms with E-state index >= 15 is 0 Å². The fourth-order valence-electron chi connectivity index (χ4n) is 2.24. The third-order valence-electron chi connectivity index (χ3n) is 3.16. The van der Waals surface area contributed by atoms with Gasteiger partial charge in [0.1, 0.15) is 0 Å². The van der Waals surface area contributed by atoms with Crippen LogP contribution < -0.4 is 10.4 Å². The van der Waals surface area contributed by atoms with E-state index < -0.39 is 0 Å². The van der Waals surface area contributed by atoms with Gasteiger partial charge in [-0.3, -0.25) is 0 Å². The van der Waals surface area contributed by atoms with Crippen LogP contribution in [-0.2, 0) is 0 Å². The van der Waals surface area contributed by atoms with Crippen molar-refractivity contribution < 1.29 is 0 Å². The molecule has 0 saturated heterocycles. The third-order valence-corrected chi connectivity index (χ3v) is 5.32. The van der Waals surface area contributed by atoms with Gasteiger partial charge in [-0.25, -0.2) is 0 Å². The fraction of sp³-hybridized carbons (Fsp3) is 0.364. The summed E-state index contributed by atoms with van der Waals surface area (Å²) in [5.41, 5.74) is 2.77. The predicted molar refractivity (Wildman–Crippen MR) is 59.8 cm³/mol. The van der Waals surface area contributed by atoms with Crippen LogP contribution in [-0.4, -0.2) is 26.2 Å². The van der Waals surface area contributed by atoms with Crippen molar-refractivity contribution in [2.24, 2.45) is 9.24 Å². The van der Waals surface area contributed by atoms with Crippen LogP contribution in [0.5, 0.6) is 0 Å². The van der Waals surface area contributed by atoms with Crippen molar-refractivity contribution in [3.8, 4) is 0 Å². The van der Waals surface area contributed by atoms with E-state index in [1.165, 1.54) is 21.6 Å². The minimum absolute atomic E-state index is 0.289. The van der Waals surface area contributed by atoms with E-state index in [-0.39, 0.29) is 15.2 Å². The summed E-state index contributed by atoms with van der Waals surface area (Å²) in [6.07, 6.45) is 3.82. The molecule has 2 unspecified atom stereocenters. The molecule has 1 aliphatic heterocycles.